The van der Waals surface area contributed by atoms with E-state index < -0.39 is 0 Å². The van der Waals surface area contributed by atoms with Crippen molar-refractivity contribution in [2.24, 2.45) is 0 Å². The van der Waals surface area contributed by atoms with Gasteiger partial charge in [0.25, 0.3) is 0 Å². The zero-order valence-electron chi connectivity index (χ0n) is 9.51. The maximum Gasteiger partial charge on any atom is 0.00692 e. The fraction of sp³-hybridized carbons (Fsp3) is 0.143. The smallest absolute Gasteiger partial charge is 0.00692 e. The van der Waals surface area contributed by atoms with Gasteiger partial charge in [0.1, 0.15) is 0 Å². The van der Waals surface area contributed by atoms with Crippen LogP contribution in [0.3, 0.4) is 0 Å². The molecule has 0 nitrogen and oxygen atoms in total. The molecule has 0 aliphatic carbocycles. The molecule has 2 heteroatoms. The summed E-state index contributed by atoms with van der Waals surface area (Å²) < 4.78 is 0. The summed E-state index contributed by atoms with van der Waals surface area (Å²) in [5, 5.41) is 0. The van der Waals surface area contributed by atoms with Crippen LogP contribution in [0.25, 0.3) is 0 Å². The van der Waals surface area contributed by atoms with Crippen molar-refractivity contribution in [3.63, 3.8) is 0 Å². The van der Waals surface area contributed by atoms with Crippen molar-refractivity contribution in [1.82, 2.24) is 0 Å². The van der Waals surface area contributed by atoms with Crippen molar-refractivity contribution >= 4 is 25.3 Å². The van der Waals surface area contributed by atoms with E-state index in [9.17, 15) is 0 Å². The highest BCUT2D eigenvalue weighted by molar-refractivity contribution is 7.80. The monoisotopic (exact) mass is 248 g/mol. The average Bonchev–Trinajstić information content (AvgIpc) is 2.28. The molecule has 0 spiro atoms. The van der Waals surface area contributed by atoms with Gasteiger partial charge >= 0.3 is 0 Å². The van der Waals surface area contributed by atoms with Crippen LogP contribution in [0.5, 0.6) is 0 Å². The van der Waals surface area contributed by atoms with Crippen molar-refractivity contribution in [2.75, 3.05) is 0 Å². The number of benzene rings is 2. The lowest BCUT2D eigenvalue weighted by molar-refractivity contribution is 1.31. The number of aryl methyl sites for hydroxylation is 2. The highest BCUT2D eigenvalue weighted by Crippen LogP contribution is 2.10. The Bertz CT molecular complexity index is 364. The van der Waals surface area contributed by atoms with E-state index in [-0.39, 0.29) is 0 Å². The Hall–Kier alpha value is -0.860. The lowest BCUT2D eigenvalue weighted by Gasteiger charge is -1.92. The third-order valence-corrected chi connectivity index (χ3v) is 3.23. The number of thiol groups is 2. The Balaban J connectivity index is 0.000000160. The molecule has 2 rings (SSSR count). The van der Waals surface area contributed by atoms with Crippen LogP contribution in [-0.4, -0.2) is 0 Å². The van der Waals surface area contributed by atoms with Gasteiger partial charge in [-0.15, -0.1) is 25.3 Å². The molecule has 2 aromatic carbocycles. The molecule has 0 aliphatic heterocycles. The highest BCUT2D eigenvalue weighted by Gasteiger charge is 1.85. The Labute approximate surface area is 109 Å². The van der Waals surface area contributed by atoms with E-state index in [4.69, 9.17) is 0 Å². The van der Waals surface area contributed by atoms with Crippen LogP contribution in [0.2, 0.25) is 0 Å². The quantitative estimate of drug-likeness (QED) is 0.627. The molecule has 0 aliphatic rings. The number of rotatable bonds is 0. The van der Waals surface area contributed by atoms with Gasteiger partial charge in [0, 0.05) is 9.79 Å². The van der Waals surface area contributed by atoms with Crippen LogP contribution < -0.4 is 0 Å². The van der Waals surface area contributed by atoms with Crippen molar-refractivity contribution < 1.29 is 0 Å². The molecular formula is C14H16S2. The average molecular weight is 248 g/mol. The molecule has 0 N–H and O–H groups in total. The molecular weight excluding hydrogens is 232 g/mol. The summed E-state index contributed by atoms with van der Waals surface area (Å²) >= 11 is 8.40. The minimum absolute atomic E-state index is 1.06. The van der Waals surface area contributed by atoms with Gasteiger partial charge in [0.15, 0.2) is 0 Å². The summed E-state index contributed by atoms with van der Waals surface area (Å²) in [5.74, 6) is 0. The fourth-order valence-electron chi connectivity index (χ4n) is 1.13. The minimum atomic E-state index is 1.06. The molecule has 16 heavy (non-hydrogen) atoms. The van der Waals surface area contributed by atoms with Gasteiger partial charge in [0.05, 0.1) is 0 Å². The topological polar surface area (TPSA) is 0 Å². The number of hydrogen-bond donors (Lipinski definition) is 2. The van der Waals surface area contributed by atoms with E-state index in [0.717, 1.165) is 9.79 Å². The Morgan fingerprint density at radius 1 is 0.625 bits per heavy atom. The largest absolute Gasteiger partial charge is 0.143 e. The summed E-state index contributed by atoms with van der Waals surface area (Å²) in [6, 6.07) is 16.0. The molecule has 0 amide bonds. The first kappa shape index (κ1) is 13.2. The van der Waals surface area contributed by atoms with Gasteiger partial charge in [-0.3, -0.25) is 0 Å². The summed E-state index contributed by atoms with van der Waals surface area (Å²) in [6.07, 6.45) is 0. The van der Waals surface area contributed by atoms with Gasteiger partial charge in [-0.05, 0) is 37.1 Å². The zero-order valence-corrected chi connectivity index (χ0v) is 11.3. The summed E-state index contributed by atoms with van der Waals surface area (Å²) in [4.78, 5) is 2.12. The third-order valence-electron chi connectivity index (χ3n) is 2.23. The van der Waals surface area contributed by atoms with Gasteiger partial charge in [-0.1, -0.05) is 36.4 Å². The maximum absolute atomic E-state index is 4.20. The maximum atomic E-state index is 4.20. The normalized spacial score (nSPS) is 9.25. The van der Waals surface area contributed by atoms with Gasteiger partial charge in [-0.2, -0.15) is 0 Å². The molecule has 0 unspecified atom stereocenters. The Morgan fingerprint density at radius 2 is 0.938 bits per heavy atom. The highest BCUT2D eigenvalue weighted by atomic mass is 32.1. The van der Waals surface area contributed by atoms with Crippen LogP contribution in [-0.2, 0) is 0 Å². The molecule has 0 saturated carbocycles. The first-order valence-electron chi connectivity index (χ1n) is 5.10. The van der Waals surface area contributed by atoms with Gasteiger partial charge in [-0.25, -0.2) is 0 Å². The van der Waals surface area contributed by atoms with Crippen LogP contribution in [0.4, 0.5) is 0 Å². The molecule has 0 heterocycles. The van der Waals surface area contributed by atoms with Crippen molar-refractivity contribution in [2.45, 2.75) is 23.6 Å². The van der Waals surface area contributed by atoms with Gasteiger partial charge < -0.3 is 0 Å². The number of hydrogen-bond acceptors (Lipinski definition) is 2. The zero-order chi connectivity index (χ0) is 12.0. The second-order valence-electron chi connectivity index (χ2n) is 3.57. The molecule has 0 fully saturated rings. The van der Waals surface area contributed by atoms with E-state index in [1.54, 1.807) is 0 Å². The Morgan fingerprint density at radius 3 is 1.12 bits per heavy atom. The summed E-state index contributed by atoms with van der Waals surface area (Å²) in [5.41, 5.74) is 2.46. The molecule has 0 atom stereocenters. The molecule has 0 aromatic heterocycles. The first-order valence-corrected chi connectivity index (χ1v) is 6.00. The minimum Gasteiger partial charge on any atom is -0.143 e. The van der Waals surface area contributed by atoms with Crippen LogP contribution in [0, 0.1) is 13.8 Å². The van der Waals surface area contributed by atoms with Crippen molar-refractivity contribution in [3.05, 3.63) is 59.7 Å². The molecule has 0 radical (unpaired) electrons. The Kier molecular flexibility index (Phi) is 5.50. The van der Waals surface area contributed by atoms with E-state index in [1.807, 2.05) is 62.4 Å². The van der Waals surface area contributed by atoms with E-state index in [2.05, 4.69) is 25.3 Å². The first-order chi connectivity index (χ1) is 7.61. The van der Waals surface area contributed by atoms with E-state index >= 15 is 0 Å². The molecule has 0 bridgehead atoms. The van der Waals surface area contributed by atoms with E-state index in [1.165, 1.54) is 11.1 Å². The lowest BCUT2D eigenvalue weighted by Crippen LogP contribution is -1.70. The second-order valence-corrected chi connectivity index (χ2v) is 4.54. The summed E-state index contributed by atoms with van der Waals surface area (Å²) in [6.45, 7) is 4.09. The van der Waals surface area contributed by atoms with Crippen molar-refractivity contribution in [3.8, 4) is 0 Å². The van der Waals surface area contributed by atoms with Crippen LogP contribution >= 0.6 is 25.3 Å². The molecule has 2 aromatic rings. The predicted octanol–water partition coefficient (Wildman–Crippen LogP) is 4.57. The van der Waals surface area contributed by atoms with Crippen molar-refractivity contribution in [1.29, 1.82) is 0 Å². The lowest BCUT2D eigenvalue weighted by atomic mass is 10.2. The third kappa shape index (κ3) is 4.33. The van der Waals surface area contributed by atoms with Gasteiger partial charge in [0.2, 0.25) is 0 Å². The fourth-order valence-corrected chi connectivity index (χ4v) is 1.45. The standard InChI is InChI=1S/2C7H8S/c2*1-6-4-2-3-5-7(6)8/h2*2-5,8H,1H3. The SMILES string of the molecule is Cc1ccccc1S.Cc1ccccc1S. The molecule has 0 saturated heterocycles. The second kappa shape index (κ2) is 6.66. The summed E-state index contributed by atoms with van der Waals surface area (Å²) in [7, 11) is 0. The molecule has 84 valence electrons. The van der Waals surface area contributed by atoms with Crippen LogP contribution in [0.15, 0.2) is 58.3 Å². The van der Waals surface area contributed by atoms with Crippen LogP contribution in [0.1, 0.15) is 11.1 Å². The predicted molar refractivity (Wildman–Crippen MR) is 76.9 cm³/mol. The van der Waals surface area contributed by atoms with E-state index in [0.29, 0.717) is 0 Å².